The number of hydrogen-bond donors (Lipinski definition) is 1. The quantitative estimate of drug-likeness (QED) is 0.131. The lowest BCUT2D eigenvalue weighted by Crippen LogP contribution is -2.17. The number of carbonyl (C=O) groups is 1. The third-order valence-electron chi connectivity index (χ3n) is 7.23. The van der Waals surface area contributed by atoms with Crippen LogP contribution in [0, 0.1) is 19.7 Å². The molecule has 0 radical (unpaired) electrons. The Morgan fingerprint density at radius 2 is 1.59 bits per heavy atom. The van der Waals surface area contributed by atoms with E-state index in [0.29, 0.717) is 22.8 Å². The van der Waals surface area contributed by atoms with Gasteiger partial charge < -0.3 is 18.5 Å². The first-order chi connectivity index (χ1) is 21.4. The van der Waals surface area contributed by atoms with E-state index in [1.54, 1.807) is 30.5 Å². The predicted octanol–water partition coefficient (Wildman–Crippen LogP) is 7.90. The largest absolute Gasteiger partial charge is 0.488 e. The average Bonchev–Trinajstić information content (AvgIpc) is 3.66. The van der Waals surface area contributed by atoms with Crippen molar-refractivity contribution in [3.05, 3.63) is 149 Å². The first-order valence-electron chi connectivity index (χ1n) is 14.1. The molecule has 6 aromatic rings. The Hall–Kier alpha value is -5.63. The van der Waals surface area contributed by atoms with Gasteiger partial charge in [0.05, 0.1) is 6.21 Å². The Labute approximate surface area is 254 Å². The molecule has 1 N–H and O–H groups in total. The second-order valence-electron chi connectivity index (χ2n) is 10.3. The molecule has 7 nitrogen and oxygen atoms in total. The van der Waals surface area contributed by atoms with Crippen LogP contribution >= 0.6 is 0 Å². The maximum atomic E-state index is 13.3. The van der Waals surface area contributed by atoms with Crippen LogP contribution in [0.5, 0.6) is 11.5 Å². The zero-order valence-corrected chi connectivity index (χ0v) is 24.3. The number of nitrogens with zero attached hydrogens (tertiary/aromatic N) is 2. The van der Waals surface area contributed by atoms with Gasteiger partial charge in [0.2, 0.25) is 0 Å². The molecule has 0 spiro atoms. The number of furan rings is 1. The molecule has 0 saturated heterocycles. The molecule has 8 heteroatoms. The Bertz CT molecular complexity index is 1920. The number of ether oxygens (including phenoxy) is 2. The number of hydrogen-bond acceptors (Lipinski definition) is 5. The van der Waals surface area contributed by atoms with E-state index in [4.69, 9.17) is 13.9 Å². The third kappa shape index (κ3) is 6.39. The summed E-state index contributed by atoms with van der Waals surface area (Å²) in [4.78, 5) is 12.8. The number of amides is 1. The van der Waals surface area contributed by atoms with Crippen LogP contribution < -0.4 is 14.9 Å². The molecule has 0 bridgehead atoms. The highest BCUT2D eigenvalue weighted by Gasteiger charge is 2.13. The van der Waals surface area contributed by atoms with Crippen molar-refractivity contribution >= 4 is 22.9 Å². The number of aryl methyl sites for hydroxylation is 2. The van der Waals surface area contributed by atoms with Crippen molar-refractivity contribution in [3.8, 4) is 17.2 Å². The summed E-state index contributed by atoms with van der Waals surface area (Å²) in [5, 5.41) is 6.10. The average molecular weight is 588 g/mol. The van der Waals surface area contributed by atoms with Crippen molar-refractivity contribution in [1.82, 2.24) is 9.99 Å². The molecular formula is C36H30FN3O4. The van der Waals surface area contributed by atoms with Gasteiger partial charge >= 0.3 is 5.91 Å². The summed E-state index contributed by atoms with van der Waals surface area (Å²) >= 11 is 0. The van der Waals surface area contributed by atoms with Crippen LogP contribution in [0.4, 0.5) is 4.39 Å². The van der Waals surface area contributed by atoms with Gasteiger partial charge in [0.1, 0.15) is 36.3 Å². The zero-order valence-electron chi connectivity index (χ0n) is 24.3. The van der Waals surface area contributed by atoms with Crippen LogP contribution in [0.1, 0.15) is 38.8 Å². The molecular weight excluding hydrogens is 557 g/mol. The molecule has 1 amide bonds. The lowest BCUT2D eigenvalue weighted by molar-refractivity contribution is 0.0923. The topological polar surface area (TPSA) is 78.0 Å². The predicted molar refractivity (Wildman–Crippen MR) is 168 cm³/mol. The molecule has 2 heterocycles. The van der Waals surface area contributed by atoms with Crippen molar-refractivity contribution in [2.45, 2.75) is 27.1 Å². The number of benzene rings is 4. The van der Waals surface area contributed by atoms with E-state index in [-0.39, 0.29) is 24.8 Å². The number of fused-ring (bicyclic) bond motifs is 1. The van der Waals surface area contributed by atoms with E-state index < -0.39 is 5.91 Å². The van der Waals surface area contributed by atoms with Crippen LogP contribution in [-0.4, -0.2) is 16.7 Å². The SMILES string of the molecule is Cc1ccc(C)n1-c1ccc(OCc2ccc(C(=O)N/N=C/c3c(OCc4ccc(F)cc4)ccc4ccccc34)o2)cc1. The van der Waals surface area contributed by atoms with E-state index >= 15 is 0 Å². The van der Waals surface area contributed by atoms with E-state index in [9.17, 15) is 9.18 Å². The van der Waals surface area contributed by atoms with Gasteiger partial charge in [-0.15, -0.1) is 0 Å². The first kappa shape index (κ1) is 28.5. The summed E-state index contributed by atoms with van der Waals surface area (Å²) in [7, 11) is 0. The Balaban J connectivity index is 1.09. The number of rotatable bonds is 10. The summed E-state index contributed by atoms with van der Waals surface area (Å²) in [5.41, 5.74) is 7.44. The maximum absolute atomic E-state index is 13.3. The highest BCUT2D eigenvalue weighted by Crippen LogP contribution is 2.28. The van der Waals surface area contributed by atoms with Crippen LogP contribution in [-0.2, 0) is 13.2 Å². The van der Waals surface area contributed by atoms with E-state index in [0.717, 1.165) is 33.4 Å². The summed E-state index contributed by atoms with van der Waals surface area (Å²) in [6, 6.07) is 33.0. The third-order valence-corrected chi connectivity index (χ3v) is 7.23. The molecule has 4 aromatic carbocycles. The first-order valence-corrected chi connectivity index (χ1v) is 14.1. The van der Waals surface area contributed by atoms with Crippen molar-refractivity contribution in [1.29, 1.82) is 0 Å². The Morgan fingerprint density at radius 3 is 2.36 bits per heavy atom. The summed E-state index contributed by atoms with van der Waals surface area (Å²) < 4.78 is 33.1. The second kappa shape index (κ2) is 12.7. The van der Waals surface area contributed by atoms with Crippen molar-refractivity contribution in [2.75, 3.05) is 0 Å². The van der Waals surface area contributed by atoms with Crippen LogP contribution in [0.2, 0.25) is 0 Å². The summed E-state index contributed by atoms with van der Waals surface area (Å²) in [6.45, 7) is 4.56. The van der Waals surface area contributed by atoms with Gasteiger partial charge in [-0.25, -0.2) is 9.82 Å². The molecule has 0 atom stereocenters. The number of aromatic nitrogens is 1. The van der Waals surface area contributed by atoms with Crippen molar-refractivity contribution in [2.24, 2.45) is 5.10 Å². The van der Waals surface area contributed by atoms with Gasteiger partial charge in [-0.2, -0.15) is 5.10 Å². The normalized spacial score (nSPS) is 11.2. The fraction of sp³-hybridized carbons (Fsp3) is 0.111. The standard InChI is InChI=1S/C36H30FN3O4/c1-24-7-8-25(2)40(24)29-14-16-30(17-15-29)42-23-31-18-20-35(44-31)36(41)39-38-21-33-32-6-4-3-5-27(32)11-19-34(33)43-22-26-9-12-28(37)13-10-26/h3-21H,22-23H2,1-2H3,(H,39,41)/b38-21+. The minimum atomic E-state index is -0.497. The highest BCUT2D eigenvalue weighted by atomic mass is 19.1. The van der Waals surface area contributed by atoms with Gasteiger partial charge in [-0.05, 0) is 96.9 Å². The monoisotopic (exact) mass is 587 g/mol. The number of hydrazone groups is 1. The molecule has 2 aromatic heterocycles. The minimum absolute atomic E-state index is 0.111. The van der Waals surface area contributed by atoms with E-state index in [2.05, 4.69) is 41.1 Å². The van der Waals surface area contributed by atoms with Gasteiger partial charge in [0, 0.05) is 22.6 Å². The molecule has 220 valence electrons. The summed E-state index contributed by atoms with van der Waals surface area (Å²) in [5.74, 6) is 1.09. The highest BCUT2D eigenvalue weighted by molar-refractivity contribution is 6.03. The fourth-order valence-corrected chi connectivity index (χ4v) is 4.99. The molecule has 0 unspecified atom stereocenters. The lowest BCUT2D eigenvalue weighted by Gasteiger charge is -2.12. The molecule has 0 aliphatic carbocycles. The molecule has 0 saturated carbocycles. The van der Waals surface area contributed by atoms with Crippen LogP contribution in [0.15, 0.2) is 119 Å². The number of halogens is 1. The van der Waals surface area contributed by atoms with Gasteiger partial charge in [-0.3, -0.25) is 4.79 Å². The molecule has 0 aliphatic rings. The molecule has 6 rings (SSSR count). The summed E-state index contributed by atoms with van der Waals surface area (Å²) in [6.07, 6.45) is 1.55. The molecule has 0 aliphatic heterocycles. The second-order valence-corrected chi connectivity index (χ2v) is 10.3. The number of nitrogens with one attached hydrogen (secondary N) is 1. The van der Waals surface area contributed by atoms with Crippen LogP contribution in [0.3, 0.4) is 0 Å². The van der Waals surface area contributed by atoms with E-state index in [1.165, 1.54) is 12.1 Å². The lowest BCUT2D eigenvalue weighted by atomic mass is 10.0. The van der Waals surface area contributed by atoms with Gasteiger partial charge in [0.15, 0.2) is 5.76 Å². The van der Waals surface area contributed by atoms with Gasteiger partial charge in [-0.1, -0.05) is 42.5 Å². The zero-order chi connectivity index (χ0) is 30.5. The minimum Gasteiger partial charge on any atom is -0.488 e. The Kier molecular flexibility index (Phi) is 8.23. The van der Waals surface area contributed by atoms with E-state index in [1.807, 2.05) is 60.7 Å². The number of carbonyl (C=O) groups excluding carboxylic acids is 1. The van der Waals surface area contributed by atoms with Crippen molar-refractivity contribution in [3.63, 3.8) is 0 Å². The van der Waals surface area contributed by atoms with Crippen molar-refractivity contribution < 1.29 is 23.1 Å². The molecule has 44 heavy (non-hydrogen) atoms. The Morgan fingerprint density at radius 1 is 0.841 bits per heavy atom. The van der Waals surface area contributed by atoms with Gasteiger partial charge in [0.25, 0.3) is 0 Å². The fourth-order valence-electron chi connectivity index (χ4n) is 4.99. The van der Waals surface area contributed by atoms with Crippen LogP contribution in [0.25, 0.3) is 16.5 Å². The molecule has 0 fully saturated rings. The maximum Gasteiger partial charge on any atom is 0.307 e. The smallest absolute Gasteiger partial charge is 0.307 e.